The molecule has 2 amide bonds. The van der Waals surface area contributed by atoms with Crippen LogP contribution in [0.25, 0.3) is 0 Å². The number of thiophene rings is 1. The van der Waals surface area contributed by atoms with Gasteiger partial charge in [-0.3, -0.25) is 9.59 Å². The molecule has 0 aliphatic heterocycles. The Hall–Kier alpha value is -2.05. The first-order valence-corrected chi connectivity index (χ1v) is 9.26. The van der Waals surface area contributed by atoms with Crippen LogP contribution in [0.15, 0.2) is 41.8 Å². The molecule has 1 N–H and O–H groups in total. The van der Waals surface area contributed by atoms with Gasteiger partial charge in [-0.1, -0.05) is 17.7 Å². The number of hydrogen-bond donors (Lipinski definition) is 1. The fourth-order valence-corrected chi connectivity index (χ4v) is 2.85. The van der Waals surface area contributed by atoms with E-state index in [9.17, 15) is 9.59 Å². The molecule has 7 heteroatoms. The third-order valence-electron chi connectivity index (χ3n) is 3.53. The van der Waals surface area contributed by atoms with E-state index in [-0.39, 0.29) is 11.8 Å². The van der Waals surface area contributed by atoms with Crippen LogP contribution in [-0.4, -0.2) is 43.5 Å². The van der Waals surface area contributed by atoms with Crippen molar-refractivity contribution in [2.75, 3.05) is 26.7 Å². The smallest absolute Gasteiger partial charge is 0.261 e. The van der Waals surface area contributed by atoms with Crippen LogP contribution in [0.2, 0.25) is 5.02 Å². The lowest BCUT2D eigenvalue weighted by Gasteiger charge is -2.17. The lowest BCUT2D eigenvalue weighted by Crippen LogP contribution is -2.31. The maximum atomic E-state index is 12.0. The number of carbonyl (C=O) groups is 2. The van der Waals surface area contributed by atoms with Crippen LogP contribution in [-0.2, 0) is 4.79 Å². The molecule has 2 aromatic rings. The van der Waals surface area contributed by atoms with Gasteiger partial charge in [0.2, 0.25) is 5.91 Å². The van der Waals surface area contributed by atoms with Crippen LogP contribution in [0.1, 0.15) is 22.5 Å². The molecule has 0 unspecified atom stereocenters. The highest BCUT2D eigenvalue weighted by Gasteiger charge is 2.10. The van der Waals surface area contributed by atoms with Crippen molar-refractivity contribution in [2.45, 2.75) is 12.8 Å². The van der Waals surface area contributed by atoms with Crippen molar-refractivity contribution in [1.82, 2.24) is 10.2 Å². The number of amides is 2. The molecule has 1 aromatic carbocycles. The molecule has 5 nitrogen and oxygen atoms in total. The van der Waals surface area contributed by atoms with Crippen molar-refractivity contribution < 1.29 is 14.3 Å². The number of likely N-dealkylation sites (N-methyl/N-ethyl adjacent to an activating group) is 1. The topological polar surface area (TPSA) is 58.6 Å². The summed E-state index contributed by atoms with van der Waals surface area (Å²) in [4.78, 5) is 26.1. The maximum Gasteiger partial charge on any atom is 0.261 e. The first kappa shape index (κ1) is 19.3. The monoisotopic (exact) mass is 380 g/mol. The summed E-state index contributed by atoms with van der Waals surface area (Å²) < 4.78 is 5.57. The molecule has 0 atom stereocenters. The highest BCUT2D eigenvalue weighted by molar-refractivity contribution is 7.12. The summed E-state index contributed by atoms with van der Waals surface area (Å²) in [6.45, 7) is 1.40. The number of halogens is 1. The molecule has 0 bridgehead atoms. The Morgan fingerprint density at radius 2 is 2.00 bits per heavy atom. The lowest BCUT2D eigenvalue weighted by molar-refractivity contribution is -0.130. The van der Waals surface area contributed by atoms with E-state index in [0.717, 1.165) is 5.75 Å². The highest BCUT2D eigenvalue weighted by Crippen LogP contribution is 2.15. The van der Waals surface area contributed by atoms with Crippen LogP contribution in [0.5, 0.6) is 5.75 Å². The van der Waals surface area contributed by atoms with Gasteiger partial charge >= 0.3 is 0 Å². The molecule has 25 heavy (non-hydrogen) atoms. The van der Waals surface area contributed by atoms with Gasteiger partial charge in [0.1, 0.15) is 12.4 Å². The molecular weight excluding hydrogens is 360 g/mol. The van der Waals surface area contributed by atoms with Gasteiger partial charge in [0, 0.05) is 25.0 Å². The van der Waals surface area contributed by atoms with Gasteiger partial charge in [-0.15, -0.1) is 11.3 Å². The van der Waals surface area contributed by atoms with E-state index >= 15 is 0 Å². The molecule has 0 saturated carbocycles. The first-order valence-electron chi connectivity index (χ1n) is 8.00. The van der Waals surface area contributed by atoms with Crippen LogP contribution >= 0.6 is 22.9 Å². The number of carbonyl (C=O) groups excluding carboxylic acids is 2. The second kappa shape index (κ2) is 10.1. The molecular formula is C18H21ClN2O3S. The van der Waals surface area contributed by atoms with Crippen molar-refractivity contribution in [3.05, 3.63) is 51.7 Å². The van der Waals surface area contributed by atoms with Gasteiger partial charge in [-0.25, -0.2) is 0 Å². The molecule has 0 radical (unpaired) electrons. The average molecular weight is 381 g/mol. The third-order valence-corrected chi connectivity index (χ3v) is 4.65. The van der Waals surface area contributed by atoms with Crippen LogP contribution < -0.4 is 10.1 Å². The molecule has 134 valence electrons. The molecule has 0 aliphatic rings. The number of rotatable bonds is 9. The molecule has 0 fully saturated rings. The molecule has 0 saturated heterocycles. The summed E-state index contributed by atoms with van der Waals surface area (Å²) in [7, 11) is 1.75. The summed E-state index contributed by atoms with van der Waals surface area (Å²) >= 11 is 7.21. The molecule has 0 aliphatic carbocycles. The van der Waals surface area contributed by atoms with E-state index in [1.165, 1.54) is 11.3 Å². The Bertz CT molecular complexity index is 674. The zero-order chi connectivity index (χ0) is 18.1. The van der Waals surface area contributed by atoms with Crippen LogP contribution in [0.3, 0.4) is 0 Å². The largest absolute Gasteiger partial charge is 0.492 e. The van der Waals surface area contributed by atoms with Gasteiger partial charge in [0.25, 0.3) is 5.91 Å². The zero-order valence-corrected chi connectivity index (χ0v) is 15.6. The first-order chi connectivity index (χ1) is 12.1. The average Bonchev–Trinajstić information content (AvgIpc) is 3.14. The molecule has 2 rings (SSSR count). The van der Waals surface area contributed by atoms with E-state index in [2.05, 4.69) is 5.32 Å². The quantitative estimate of drug-likeness (QED) is 0.678. The minimum absolute atomic E-state index is 0.0325. The molecule has 1 heterocycles. The normalized spacial score (nSPS) is 10.3. The fourth-order valence-electron chi connectivity index (χ4n) is 2.08. The number of benzene rings is 1. The van der Waals surface area contributed by atoms with Crippen LogP contribution in [0, 0.1) is 0 Å². The van der Waals surface area contributed by atoms with Crippen molar-refractivity contribution in [3.63, 3.8) is 0 Å². The fraction of sp³-hybridized carbons (Fsp3) is 0.333. The maximum absolute atomic E-state index is 12.0. The number of hydrogen-bond acceptors (Lipinski definition) is 4. The van der Waals surface area contributed by atoms with Crippen molar-refractivity contribution >= 4 is 34.8 Å². The zero-order valence-electron chi connectivity index (χ0n) is 14.0. The second-order valence-electron chi connectivity index (χ2n) is 5.45. The minimum Gasteiger partial charge on any atom is -0.492 e. The SMILES string of the molecule is CN(CCOc1ccc(Cl)cc1)C(=O)CCCNC(=O)c1cccs1. The van der Waals surface area contributed by atoms with Crippen molar-refractivity contribution in [1.29, 1.82) is 0 Å². The van der Waals surface area contributed by atoms with Gasteiger partial charge in [-0.05, 0) is 42.1 Å². The predicted molar refractivity (Wildman–Crippen MR) is 100 cm³/mol. The summed E-state index contributed by atoms with van der Waals surface area (Å²) in [6.07, 6.45) is 1.00. The molecule has 1 aromatic heterocycles. The third kappa shape index (κ3) is 6.76. The van der Waals surface area contributed by atoms with Crippen molar-refractivity contribution in [3.8, 4) is 5.75 Å². The minimum atomic E-state index is -0.0906. The standard InChI is InChI=1S/C18H21ClN2O3S/c1-21(11-12-24-15-8-6-14(19)7-9-15)17(22)5-2-10-20-18(23)16-4-3-13-25-16/h3-4,6-9,13H,2,5,10-12H2,1H3,(H,20,23). The summed E-state index contributed by atoms with van der Waals surface area (Å²) in [6, 6.07) is 10.7. The summed E-state index contributed by atoms with van der Waals surface area (Å²) in [5.74, 6) is 0.666. The van der Waals surface area contributed by atoms with Crippen molar-refractivity contribution in [2.24, 2.45) is 0 Å². The highest BCUT2D eigenvalue weighted by atomic mass is 35.5. The molecule has 0 spiro atoms. The van der Waals surface area contributed by atoms with Gasteiger partial charge in [-0.2, -0.15) is 0 Å². The van der Waals surface area contributed by atoms with Crippen LogP contribution in [0.4, 0.5) is 0 Å². The lowest BCUT2D eigenvalue weighted by atomic mass is 10.2. The Morgan fingerprint density at radius 1 is 1.24 bits per heavy atom. The predicted octanol–water partition coefficient (Wildman–Crippen LogP) is 3.45. The number of nitrogens with one attached hydrogen (secondary N) is 1. The second-order valence-corrected chi connectivity index (χ2v) is 6.84. The van der Waals surface area contributed by atoms with Gasteiger partial charge in [0.05, 0.1) is 11.4 Å². The summed E-state index contributed by atoms with van der Waals surface area (Å²) in [5.41, 5.74) is 0. The summed E-state index contributed by atoms with van der Waals surface area (Å²) in [5, 5.41) is 5.33. The van der Waals surface area contributed by atoms with E-state index in [1.807, 2.05) is 11.4 Å². The Labute approximate surface area is 156 Å². The number of ether oxygens (including phenoxy) is 1. The van der Waals surface area contributed by atoms with Gasteiger partial charge < -0.3 is 15.0 Å². The van der Waals surface area contributed by atoms with E-state index in [0.29, 0.717) is 42.4 Å². The number of nitrogens with zero attached hydrogens (tertiary/aromatic N) is 1. The van der Waals surface area contributed by atoms with E-state index < -0.39 is 0 Å². The Balaban J connectivity index is 1.58. The van der Waals surface area contributed by atoms with E-state index in [4.69, 9.17) is 16.3 Å². The van der Waals surface area contributed by atoms with Gasteiger partial charge in [0.15, 0.2) is 0 Å². The Morgan fingerprint density at radius 3 is 2.68 bits per heavy atom. The van der Waals surface area contributed by atoms with E-state index in [1.54, 1.807) is 42.3 Å². The Kier molecular flexibility index (Phi) is 7.76.